The number of likely N-dealkylation sites (N-methyl/N-ethyl adjacent to an activating group) is 1. The lowest BCUT2D eigenvalue weighted by atomic mass is 10.0. The van der Waals surface area contributed by atoms with Crippen molar-refractivity contribution in [1.82, 2.24) is 10.2 Å². The third kappa shape index (κ3) is 9.94. The molecule has 0 aromatic carbocycles. The Bertz CT molecular complexity index is 227. The van der Waals surface area contributed by atoms with Crippen LogP contribution in [0.5, 0.6) is 0 Å². The van der Waals surface area contributed by atoms with E-state index in [-0.39, 0.29) is 11.9 Å². The lowest BCUT2D eigenvalue weighted by Crippen LogP contribution is -2.44. The summed E-state index contributed by atoms with van der Waals surface area (Å²) < 4.78 is 0. The van der Waals surface area contributed by atoms with Crippen molar-refractivity contribution in [3.8, 4) is 0 Å². The van der Waals surface area contributed by atoms with Crippen molar-refractivity contribution in [3.63, 3.8) is 0 Å². The van der Waals surface area contributed by atoms with Gasteiger partial charge in [-0.3, -0.25) is 4.79 Å². The zero-order chi connectivity index (χ0) is 14.7. The average Bonchev–Trinajstić information content (AvgIpc) is 2.34. The van der Waals surface area contributed by atoms with E-state index in [4.69, 9.17) is 0 Å². The topological polar surface area (TPSA) is 32.3 Å². The van der Waals surface area contributed by atoms with Gasteiger partial charge in [0.15, 0.2) is 0 Å². The van der Waals surface area contributed by atoms with Crippen LogP contribution in [0, 0.1) is 5.92 Å². The van der Waals surface area contributed by atoms with E-state index < -0.39 is 0 Å². The van der Waals surface area contributed by atoms with Crippen LogP contribution < -0.4 is 5.32 Å². The van der Waals surface area contributed by atoms with Crippen molar-refractivity contribution >= 4 is 5.91 Å². The molecule has 0 aliphatic rings. The Labute approximate surface area is 120 Å². The number of nitrogens with zero attached hydrogens (tertiary/aromatic N) is 1. The van der Waals surface area contributed by atoms with E-state index in [0.29, 0.717) is 5.92 Å². The van der Waals surface area contributed by atoms with Crippen molar-refractivity contribution in [2.75, 3.05) is 20.6 Å². The van der Waals surface area contributed by atoms with Gasteiger partial charge in [-0.05, 0) is 25.3 Å². The van der Waals surface area contributed by atoms with Gasteiger partial charge < -0.3 is 10.2 Å². The molecule has 0 bridgehead atoms. The maximum atomic E-state index is 12.0. The number of carbonyl (C=O) groups is 1. The molecule has 0 radical (unpaired) electrons. The van der Waals surface area contributed by atoms with Gasteiger partial charge in [0.25, 0.3) is 0 Å². The summed E-state index contributed by atoms with van der Waals surface area (Å²) >= 11 is 0. The lowest BCUT2D eigenvalue weighted by molar-refractivity contribution is -0.131. The molecule has 0 heterocycles. The Morgan fingerprint density at radius 2 is 1.63 bits per heavy atom. The fraction of sp³-hybridized carbons (Fsp3) is 0.938. The first-order valence-electron chi connectivity index (χ1n) is 7.93. The van der Waals surface area contributed by atoms with Crippen LogP contribution in [0.3, 0.4) is 0 Å². The Morgan fingerprint density at radius 3 is 2.16 bits per heavy atom. The van der Waals surface area contributed by atoms with Crippen LogP contribution in [0.25, 0.3) is 0 Å². The minimum absolute atomic E-state index is 0.00866. The molecule has 1 unspecified atom stereocenters. The van der Waals surface area contributed by atoms with Gasteiger partial charge in [0, 0.05) is 14.1 Å². The fourth-order valence-corrected chi connectivity index (χ4v) is 2.24. The number of unbranched alkanes of at least 4 members (excludes halogenated alkanes) is 5. The molecule has 0 rings (SSSR count). The van der Waals surface area contributed by atoms with E-state index in [2.05, 4.69) is 26.1 Å². The van der Waals surface area contributed by atoms with Crippen molar-refractivity contribution in [1.29, 1.82) is 0 Å². The molecule has 0 saturated heterocycles. The summed E-state index contributed by atoms with van der Waals surface area (Å²) in [4.78, 5) is 13.7. The van der Waals surface area contributed by atoms with Gasteiger partial charge >= 0.3 is 0 Å². The number of amides is 1. The molecular weight excluding hydrogens is 236 g/mol. The summed E-state index contributed by atoms with van der Waals surface area (Å²) in [6.07, 6.45) is 8.70. The van der Waals surface area contributed by atoms with Crippen LogP contribution in [-0.2, 0) is 4.79 Å². The van der Waals surface area contributed by atoms with Gasteiger partial charge in [0.2, 0.25) is 5.91 Å². The second-order valence-corrected chi connectivity index (χ2v) is 6.14. The first-order valence-corrected chi connectivity index (χ1v) is 7.93. The molecule has 3 heteroatoms. The quantitative estimate of drug-likeness (QED) is 0.583. The number of carbonyl (C=O) groups excluding carboxylic acids is 1. The Hall–Kier alpha value is -0.570. The van der Waals surface area contributed by atoms with Crippen LogP contribution in [0.4, 0.5) is 0 Å². The van der Waals surface area contributed by atoms with Crippen molar-refractivity contribution < 1.29 is 4.79 Å². The molecule has 0 spiro atoms. The molecular formula is C16H34N2O. The van der Waals surface area contributed by atoms with Gasteiger partial charge in [-0.25, -0.2) is 0 Å². The Morgan fingerprint density at radius 1 is 1.05 bits per heavy atom. The number of rotatable bonds is 11. The van der Waals surface area contributed by atoms with E-state index >= 15 is 0 Å². The molecule has 0 aromatic heterocycles. The van der Waals surface area contributed by atoms with E-state index in [0.717, 1.165) is 13.0 Å². The minimum atomic E-state index is -0.00866. The maximum Gasteiger partial charge on any atom is 0.239 e. The summed E-state index contributed by atoms with van der Waals surface area (Å²) in [6, 6.07) is -0.00866. The van der Waals surface area contributed by atoms with Gasteiger partial charge in [0.05, 0.1) is 6.04 Å². The molecule has 3 nitrogen and oxygen atoms in total. The van der Waals surface area contributed by atoms with E-state index in [1.54, 1.807) is 4.90 Å². The highest BCUT2D eigenvalue weighted by atomic mass is 16.2. The zero-order valence-corrected chi connectivity index (χ0v) is 13.7. The van der Waals surface area contributed by atoms with Gasteiger partial charge in [-0.1, -0.05) is 52.9 Å². The molecule has 1 amide bonds. The lowest BCUT2D eigenvalue weighted by Gasteiger charge is -2.23. The zero-order valence-electron chi connectivity index (χ0n) is 13.7. The van der Waals surface area contributed by atoms with Crippen LogP contribution >= 0.6 is 0 Å². The van der Waals surface area contributed by atoms with E-state index in [9.17, 15) is 4.79 Å². The van der Waals surface area contributed by atoms with Crippen molar-refractivity contribution in [3.05, 3.63) is 0 Å². The highest BCUT2D eigenvalue weighted by molar-refractivity contribution is 5.81. The Kier molecular flexibility index (Phi) is 10.9. The predicted molar refractivity (Wildman–Crippen MR) is 83.3 cm³/mol. The second kappa shape index (κ2) is 11.3. The van der Waals surface area contributed by atoms with Gasteiger partial charge in [-0.2, -0.15) is 0 Å². The van der Waals surface area contributed by atoms with E-state index in [1.807, 2.05) is 14.1 Å². The highest BCUT2D eigenvalue weighted by Crippen LogP contribution is 2.08. The van der Waals surface area contributed by atoms with Crippen LogP contribution in [-0.4, -0.2) is 37.5 Å². The maximum absolute atomic E-state index is 12.0. The van der Waals surface area contributed by atoms with Crippen LogP contribution in [0.2, 0.25) is 0 Å². The van der Waals surface area contributed by atoms with Crippen molar-refractivity contribution in [2.45, 2.75) is 71.8 Å². The summed E-state index contributed by atoms with van der Waals surface area (Å²) in [5, 5.41) is 3.43. The summed E-state index contributed by atoms with van der Waals surface area (Å²) in [5.41, 5.74) is 0. The minimum Gasteiger partial charge on any atom is -0.347 e. The summed E-state index contributed by atoms with van der Waals surface area (Å²) in [7, 11) is 3.67. The molecule has 0 fully saturated rings. The smallest absolute Gasteiger partial charge is 0.239 e. The summed E-state index contributed by atoms with van der Waals surface area (Å²) in [6.45, 7) is 7.54. The molecule has 19 heavy (non-hydrogen) atoms. The molecule has 0 saturated carbocycles. The van der Waals surface area contributed by atoms with Crippen LogP contribution in [0.1, 0.15) is 65.7 Å². The summed E-state index contributed by atoms with van der Waals surface area (Å²) in [5.74, 6) is 0.755. The first-order chi connectivity index (χ1) is 8.99. The standard InChI is InChI=1S/C16H34N2O/c1-6-7-8-9-10-11-12-17-15(13-14(2)3)16(19)18(4)5/h14-15,17H,6-13H2,1-5H3. The number of hydrogen-bond acceptors (Lipinski definition) is 2. The molecule has 1 N–H and O–H groups in total. The predicted octanol–water partition coefficient (Wildman–Crippen LogP) is 3.44. The van der Waals surface area contributed by atoms with Gasteiger partial charge in [-0.15, -0.1) is 0 Å². The van der Waals surface area contributed by atoms with Gasteiger partial charge in [0.1, 0.15) is 0 Å². The largest absolute Gasteiger partial charge is 0.347 e. The Balaban J connectivity index is 3.83. The van der Waals surface area contributed by atoms with E-state index in [1.165, 1.54) is 38.5 Å². The third-order valence-corrected chi connectivity index (χ3v) is 3.37. The third-order valence-electron chi connectivity index (χ3n) is 3.37. The molecule has 114 valence electrons. The first kappa shape index (κ1) is 18.4. The molecule has 1 atom stereocenters. The molecule has 0 aromatic rings. The fourth-order valence-electron chi connectivity index (χ4n) is 2.24. The normalized spacial score (nSPS) is 12.7. The monoisotopic (exact) mass is 270 g/mol. The van der Waals surface area contributed by atoms with Crippen LogP contribution in [0.15, 0.2) is 0 Å². The number of nitrogens with one attached hydrogen (secondary N) is 1. The SMILES string of the molecule is CCCCCCCCNC(CC(C)C)C(=O)N(C)C. The number of hydrogen-bond donors (Lipinski definition) is 1. The van der Waals surface area contributed by atoms with Crippen molar-refractivity contribution in [2.24, 2.45) is 5.92 Å². The molecule has 0 aliphatic heterocycles. The highest BCUT2D eigenvalue weighted by Gasteiger charge is 2.20. The second-order valence-electron chi connectivity index (χ2n) is 6.14. The average molecular weight is 270 g/mol. The molecule has 0 aliphatic carbocycles.